The molecule has 3 aromatic carbocycles. The average Bonchev–Trinajstić information content (AvgIpc) is 2.68. The molecule has 0 radical (unpaired) electrons. The fourth-order valence-electron chi connectivity index (χ4n) is 2.74. The zero-order valence-electron chi connectivity index (χ0n) is 15.4. The van der Waals surface area contributed by atoms with Crippen LogP contribution in [-0.4, -0.2) is 6.61 Å². The molecule has 0 aliphatic rings. The number of ether oxygens (including phenoxy) is 2. The Morgan fingerprint density at radius 1 is 0.808 bits per heavy atom. The molecule has 0 atom stereocenters. The van der Waals surface area contributed by atoms with E-state index in [9.17, 15) is 0 Å². The molecular weight excluding hydrogens is 322 g/mol. The SMILES string of the molecule is CCOc1cc(CNc2ccccc2)ccc1OCc1ccccc1C. The highest BCUT2D eigenvalue weighted by Gasteiger charge is 2.08. The molecule has 3 heteroatoms. The number of anilines is 1. The molecule has 0 aromatic heterocycles. The van der Waals surface area contributed by atoms with Gasteiger partial charge in [0.1, 0.15) is 6.61 Å². The van der Waals surface area contributed by atoms with E-state index in [0.29, 0.717) is 13.2 Å². The van der Waals surface area contributed by atoms with Gasteiger partial charge in [-0.25, -0.2) is 0 Å². The minimum Gasteiger partial charge on any atom is -0.490 e. The highest BCUT2D eigenvalue weighted by atomic mass is 16.5. The molecule has 3 rings (SSSR count). The summed E-state index contributed by atoms with van der Waals surface area (Å²) in [7, 11) is 0. The number of hydrogen-bond donors (Lipinski definition) is 1. The number of nitrogens with one attached hydrogen (secondary N) is 1. The van der Waals surface area contributed by atoms with Crippen molar-refractivity contribution in [1.82, 2.24) is 0 Å². The van der Waals surface area contributed by atoms with Gasteiger partial charge in [-0.15, -0.1) is 0 Å². The average molecular weight is 347 g/mol. The maximum Gasteiger partial charge on any atom is 0.161 e. The Hall–Kier alpha value is -2.94. The van der Waals surface area contributed by atoms with E-state index in [1.54, 1.807) is 0 Å². The number of para-hydroxylation sites is 1. The van der Waals surface area contributed by atoms with Crippen LogP contribution >= 0.6 is 0 Å². The fraction of sp³-hybridized carbons (Fsp3) is 0.217. The predicted octanol–water partition coefficient (Wildman–Crippen LogP) is 5.58. The van der Waals surface area contributed by atoms with Crippen molar-refractivity contribution < 1.29 is 9.47 Å². The van der Waals surface area contributed by atoms with Crippen LogP contribution in [0.25, 0.3) is 0 Å². The topological polar surface area (TPSA) is 30.5 Å². The van der Waals surface area contributed by atoms with E-state index >= 15 is 0 Å². The van der Waals surface area contributed by atoms with Gasteiger partial charge in [-0.2, -0.15) is 0 Å². The lowest BCUT2D eigenvalue weighted by Crippen LogP contribution is -2.03. The molecule has 134 valence electrons. The Balaban J connectivity index is 1.69. The van der Waals surface area contributed by atoms with Crippen molar-refractivity contribution in [2.45, 2.75) is 27.0 Å². The standard InChI is InChI=1S/C23H25NO2/c1-3-25-23-15-19(16-24-21-11-5-4-6-12-21)13-14-22(23)26-17-20-10-8-7-9-18(20)2/h4-15,24H,3,16-17H2,1-2H3. The first kappa shape index (κ1) is 17.9. The largest absolute Gasteiger partial charge is 0.490 e. The lowest BCUT2D eigenvalue weighted by atomic mass is 10.1. The van der Waals surface area contributed by atoms with Crippen molar-refractivity contribution in [3.8, 4) is 11.5 Å². The first-order valence-electron chi connectivity index (χ1n) is 8.98. The molecule has 0 amide bonds. The second kappa shape index (κ2) is 8.95. The smallest absolute Gasteiger partial charge is 0.161 e. The van der Waals surface area contributed by atoms with Gasteiger partial charge < -0.3 is 14.8 Å². The van der Waals surface area contributed by atoms with Crippen molar-refractivity contribution in [3.05, 3.63) is 89.5 Å². The highest BCUT2D eigenvalue weighted by Crippen LogP contribution is 2.30. The van der Waals surface area contributed by atoms with E-state index in [-0.39, 0.29) is 0 Å². The molecule has 0 heterocycles. The van der Waals surface area contributed by atoms with Crippen LogP contribution in [0, 0.1) is 6.92 Å². The van der Waals surface area contributed by atoms with E-state index < -0.39 is 0 Å². The third-order valence-electron chi connectivity index (χ3n) is 4.22. The van der Waals surface area contributed by atoms with E-state index in [1.165, 1.54) is 11.1 Å². The third kappa shape index (κ3) is 4.79. The van der Waals surface area contributed by atoms with Crippen molar-refractivity contribution in [3.63, 3.8) is 0 Å². The molecule has 0 fully saturated rings. The molecule has 0 saturated carbocycles. The Morgan fingerprint density at radius 3 is 2.35 bits per heavy atom. The van der Waals surface area contributed by atoms with Crippen LogP contribution in [-0.2, 0) is 13.2 Å². The fourth-order valence-corrected chi connectivity index (χ4v) is 2.74. The van der Waals surface area contributed by atoms with Crippen LogP contribution < -0.4 is 14.8 Å². The summed E-state index contributed by atoms with van der Waals surface area (Å²) in [5.74, 6) is 1.56. The van der Waals surface area contributed by atoms with Gasteiger partial charge in [0.15, 0.2) is 11.5 Å². The normalized spacial score (nSPS) is 10.4. The van der Waals surface area contributed by atoms with Gasteiger partial charge in [0, 0.05) is 12.2 Å². The molecule has 26 heavy (non-hydrogen) atoms. The Bertz CT molecular complexity index is 831. The monoisotopic (exact) mass is 347 g/mol. The van der Waals surface area contributed by atoms with Gasteiger partial charge in [-0.3, -0.25) is 0 Å². The lowest BCUT2D eigenvalue weighted by molar-refractivity contribution is 0.268. The van der Waals surface area contributed by atoms with Crippen LogP contribution in [0.2, 0.25) is 0 Å². The quantitative estimate of drug-likeness (QED) is 0.576. The third-order valence-corrected chi connectivity index (χ3v) is 4.22. The minimum absolute atomic E-state index is 0.536. The van der Waals surface area contributed by atoms with Crippen molar-refractivity contribution in [2.24, 2.45) is 0 Å². The zero-order valence-corrected chi connectivity index (χ0v) is 15.4. The van der Waals surface area contributed by atoms with Gasteiger partial charge in [0.25, 0.3) is 0 Å². The minimum atomic E-state index is 0.536. The summed E-state index contributed by atoms with van der Waals surface area (Å²) >= 11 is 0. The molecule has 0 spiro atoms. The lowest BCUT2D eigenvalue weighted by Gasteiger charge is -2.15. The molecule has 1 N–H and O–H groups in total. The van der Waals surface area contributed by atoms with Crippen LogP contribution in [0.4, 0.5) is 5.69 Å². The Morgan fingerprint density at radius 2 is 1.58 bits per heavy atom. The van der Waals surface area contributed by atoms with Crippen molar-refractivity contribution in [2.75, 3.05) is 11.9 Å². The summed E-state index contributed by atoms with van der Waals surface area (Å²) in [4.78, 5) is 0. The summed E-state index contributed by atoms with van der Waals surface area (Å²) in [6, 6.07) is 24.6. The number of rotatable bonds is 8. The van der Waals surface area contributed by atoms with Gasteiger partial charge >= 0.3 is 0 Å². The molecule has 0 aliphatic heterocycles. The maximum absolute atomic E-state index is 6.03. The van der Waals surface area contributed by atoms with Crippen molar-refractivity contribution >= 4 is 5.69 Å². The molecule has 0 aliphatic carbocycles. The Labute approximate surface area is 155 Å². The van der Waals surface area contributed by atoms with Gasteiger partial charge in [-0.05, 0) is 54.8 Å². The van der Waals surface area contributed by atoms with E-state index in [2.05, 4.69) is 42.6 Å². The number of aryl methyl sites for hydroxylation is 1. The summed E-state index contributed by atoms with van der Waals surface area (Å²) in [5, 5.41) is 3.42. The Kier molecular flexibility index (Phi) is 6.15. The van der Waals surface area contributed by atoms with Crippen LogP contribution in [0.5, 0.6) is 11.5 Å². The summed E-state index contributed by atoms with van der Waals surface area (Å²) in [5.41, 5.74) is 4.67. The second-order valence-corrected chi connectivity index (χ2v) is 6.15. The first-order valence-corrected chi connectivity index (χ1v) is 8.98. The van der Waals surface area contributed by atoms with Gasteiger partial charge in [0.05, 0.1) is 6.61 Å². The number of benzene rings is 3. The molecule has 3 nitrogen and oxygen atoms in total. The predicted molar refractivity (Wildman–Crippen MR) is 107 cm³/mol. The zero-order chi connectivity index (χ0) is 18.2. The van der Waals surface area contributed by atoms with E-state index in [0.717, 1.165) is 29.3 Å². The summed E-state index contributed by atoms with van der Waals surface area (Å²) in [6.45, 7) is 5.97. The van der Waals surface area contributed by atoms with Crippen LogP contribution in [0.3, 0.4) is 0 Å². The summed E-state index contributed by atoms with van der Waals surface area (Å²) in [6.07, 6.45) is 0. The molecule has 0 bridgehead atoms. The first-order chi connectivity index (χ1) is 12.8. The van der Waals surface area contributed by atoms with Gasteiger partial charge in [-0.1, -0.05) is 48.5 Å². The van der Waals surface area contributed by atoms with E-state index in [4.69, 9.17) is 9.47 Å². The highest BCUT2D eigenvalue weighted by molar-refractivity contribution is 5.46. The maximum atomic E-state index is 6.03. The van der Waals surface area contributed by atoms with Crippen LogP contribution in [0.1, 0.15) is 23.6 Å². The summed E-state index contributed by atoms with van der Waals surface area (Å²) < 4.78 is 11.8. The molecule has 3 aromatic rings. The number of hydrogen-bond acceptors (Lipinski definition) is 3. The second-order valence-electron chi connectivity index (χ2n) is 6.15. The van der Waals surface area contributed by atoms with Gasteiger partial charge in [0.2, 0.25) is 0 Å². The van der Waals surface area contributed by atoms with Crippen molar-refractivity contribution in [1.29, 1.82) is 0 Å². The van der Waals surface area contributed by atoms with E-state index in [1.807, 2.05) is 49.4 Å². The molecule has 0 saturated heterocycles. The molecular formula is C23H25NO2. The van der Waals surface area contributed by atoms with Crippen LogP contribution in [0.15, 0.2) is 72.8 Å². The molecule has 0 unspecified atom stereocenters.